The van der Waals surface area contributed by atoms with E-state index in [4.69, 9.17) is 4.74 Å². The number of hydrogen-bond donors (Lipinski definition) is 0. The van der Waals surface area contributed by atoms with Gasteiger partial charge in [-0.2, -0.15) is 0 Å². The van der Waals surface area contributed by atoms with Crippen molar-refractivity contribution in [3.05, 3.63) is 46.7 Å². The number of morpholine rings is 1. The first-order chi connectivity index (χ1) is 12.9. The van der Waals surface area contributed by atoms with Gasteiger partial charge in [0, 0.05) is 43.1 Å². The number of amides is 1. The number of benzene rings is 1. The summed E-state index contributed by atoms with van der Waals surface area (Å²) in [7, 11) is 0. The molecular weight excluding hydrogens is 340 g/mol. The van der Waals surface area contributed by atoms with Gasteiger partial charge >= 0.3 is 0 Å². The topological polar surface area (TPSA) is 49.9 Å². The molecule has 1 fully saturated rings. The van der Waals surface area contributed by atoms with E-state index in [0.717, 1.165) is 23.3 Å². The monoisotopic (exact) mass is 368 g/mol. The molecule has 1 aromatic rings. The molecule has 0 radical (unpaired) electrons. The van der Waals surface area contributed by atoms with E-state index in [0.29, 0.717) is 39.1 Å². The Hall–Kier alpha value is -1.98. The number of carbonyl (C=O) groups excluding carboxylic acids is 2. The van der Waals surface area contributed by atoms with Crippen LogP contribution in [0.1, 0.15) is 50.2 Å². The van der Waals surface area contributed by atoms with E-state index < -0.39 is 0 Å². The highest BCUT2D eigenvalue weighted by molar-refractivity contribution is 6.01. The summed E-state index contributed by atoms with van der Waals surface area (Å²) in [6.07, 6.45) is 1.64. The van der Waals surface area contributed by atoms with Crippen molar-refractivity contribution in [2.75, 3.05) is 26.3 Å². The molecule has 0 aromatic heterocycles. The Bertz CT molecular complexity index is 788. The van der Waals surface area contributed by atoms with Crippen molar-refractivity contribution < 1.29 is 14.3 Å². The normalized spacial score (nSPS) is 26.3. The van der Waals surface area contributed by atoms with Crippen molar-refractivity contribution in [3.63, 3.8) is 0 Å². The summed E-state index contributed by atoms with van der Waals surface area (Å²) in [4.78, 5) is 26.4. The van der Waals surface area contributed by atoms with E-state index in [1.807, 2.05) is 5.01 Å². The van der Waals surface area contributed by atoms with Crippen LogP contribution >= 0.6 is 0 Å². The zero-order valence-corrected chi connectivity index (χ0v) is 16.5. The van der Waals surface area contributed by atoms with Crippen LogP contribution in [0.4, 0.5) is 0 Å². The van der Waals surface area contributed by atoms with E-state index in [9.17, 15) is 9.59 Å². The second-order valence-electron chi connectivity index (χ2n) is 8.74. The molecule has 0 N–H and O–H groups in total. The van der Waals surface area contributed by atoms with Gasteiger partial charge in [-0.3, -0.25) is 9.59 Å². The molecular formula is C22H28N2O3. The minimum absolute atomic E-state index is 0.0896. The number of hydrazine groups is 1. The summed E-state index contributed by atoms with van der Waals surface area (Å²) in [5, 5.41) is 3.89. The summed E-state index contributed by atoms with van der Waals surface area (Å²) in [6, 6.07) is 8.25. The van der Waals surface area contributed by atoms with Crippen LogP contribution in [0.2, 0.25) is 0 Å². The molecule has 0 bridgehead atoms. The van der Waals surface area contributed by atoms with Crippen LogP contribution in [0, 0.1) is 12.3 Å². The predicted molar refractivity (Wildman–Crippen MR) is 103 cm³/mol. The van der Waals surface area contributed by atoms with Crippen LogP contribution in [-0.4, -0.2) is 48.0 Å². The molecule has 2 heterocycles. The Morgan fingerprint density at radius 1 is 1.04 bits per heavy atom. The molecule has 3 aliphatic rings. The minimum Gasteiger partial charge on any atom is -0.379 e. The molecule has 144 valence electrons. The SMILES string of the molecule is Cc1ccc(C2CC(=O)N(N3CCOCC3)C3=C2C(=O)CC(C)(C)C3)cc1. The average Bonchev–Trinajstić information content (AvgIpc) is 2.61. The second-order valence-corrected chi connectivity index (χ2v) is 8.74. The number of carbonyl (C=O) groups is 2. The van der Waals surface area contributed by atoms with Gasteiger partial charge in [-0.25, -0.2) is 10.0 Å². The van der Waals surface area contributed by atoms with Crippen LogP contribution in [-0.2, 0) is 14.3 Å². The maximum atomic E-state index is 13.2. The fraction of sp³-hybridized carbons (Fsp3) is 0.545. The molecule has 5 nitrogen and oxygen atoms in total. The number of nitrogens with zero attached hydrogens (tertiary/aromatic N) is 2. The van der Waals surface area contributed by atoms with E-state index >= 15 is 0 Å². The molecule has 1 amide bonds. The smallest absolute Gasteiger partial charge is 0.242 e. The number of ketones is 1. The lowest BCUT2D eigenvalue weighted by atomic mass is 9.69. The predicted octanol–water partition coefficient (Wildman–Crippen LogP) is 3.20. The van der Waals surface area contributed by atoms with Gasteiger partial charge < -0.3 is 4.74 Å². The van der Waals surface area contributed by atoms with Crippen molar-refractivity contribution in [3.8, 4) is 0 Å². The van der Waals surface area contributed by atoms with Crippen LogP contribution in [0.15, 0.2) is 35.5 Å². The van der Waals surface area contributed by atoms with Crippen molar-refractivity contribution in [2.24, 2.45) is 5.41 Å². The van der Waals surface area contributed by atoms with Gasteiger partial charge in [-0.05, 0) is 24.3 Å². The summed E-state index contributed by atoms with van der Waals surface area (Å²) < 4.78 is 5.46. The molecule has 4 rings (SSSR count). The first-order valence-electron chi connectivity index (χ1n) is 9.84. The van der Waals surface area contributed by atoms with Gasteiger partial charge in [0.2, 0.25) is 5.91 Å². The first kappa shape index (κ1) is 18.4. The van der Waals surface area contributed by atoms with Gasteiger partial charge in [0.25, 0.3) is 0 Å². The first-order valence-corrected chi connectivity index (χ1v) is 9.84. The van der Waals surface area contributed by atoms with E-state index in [1.54, 1.807) is 0 Å². The number of ether oxygens (including phenoxy) is 1. The number of rotatable bonds is 2. The van der Waals surface area contributed by atoms with Gasteiger partial charge in [-0.15, -0.1) is 0 Å². The van der Waals surface area contributed by atoms with Crippen LogP contribution in [0.3, 0.4) is 0 Å². The molecule has 1 atom stereocenters. The zero-order valence-electron chi connectivity index (χ0n) is 16.5. The zero-order chi connectivity index (χ0) is 19.2. The van der Waals surface area contributed by atoms with Crippen LogP contribution in [0.25, 0.3) is 0 Å². The lowest BCUT2D eigenvalue weighted by molar-refractivity contribution is -0.154. The standard InChI is InChI=1S/C22H28N2O3/c1-15-4-6-16(7-5-15)17-12-20(26)24(23-8-10-27-11-9-23)18-13-22(2,3)14-19(25)21(17)18/h4-7,17H,8-14H2,1-3H3. The third kappa shape index (κ3) is 3.46. The number of aryl methyl sites for hydroxylation is 1. The average molecular weight is 368 g/mol. The van der Waals surface area contributed by atoms with E-state index in [1.165, 1.54) is 5.56 Å². The molecule has 1 unspecified atom stereocenters. The minimum atomic E-state index is -0.131. The largest absolute Gasteiger partial charge is 0.379 e. The van der Waals surface area contributed by atoms with Gasteiger partial charge in [-0.1, -0.05) is 43.7 Å². The maximum Gasteiger partial charge on any atom is 0.242 e. The highest BCUT2D eigenvalue weighted by Gasteiger charge is 2.45. The summed E-state index contributed by atoms with van der Waals surface area (Å²) in [6.45, 7) is 8.89. The highest BCUT2D eigenvalue weighted by atomic mass is 16.5. The molecule has 5 heteroatoms. The Morgan fingerprint density at radius 3 is 2.37 bits per heavy atom. The fourth-order valence-corrected chi connectivity index (χ4v) is 4.57. The van der Waals surface area contributed by atoms with Gasteiger partial charge in [0.15, 0.2) is 5.78 Å². The van der Waals surface area contributed by atoms with E-state index in [-0.39, 0.29) is 23.0 Å². The molecule has 1 aromatic carbocycles. The fourth-order valence-electron chi connectivity index (χ4n) is 4.57. The molecule has 2 aliphatic heterocycles. The quantitative estimate of drug-likeness (QED) is 0.804. The summed E-state index contributed by atoms with van der Waals surface area (Å²) in [5.41, 5.74) is 3.89. The lowest BCUT2D eigenvalue weighted by Crippen LogP contribution is -2.55. The Morgan fingerprint density at radius 2 is 1.70 bits per heavy atom. The van der Waals surface area contributed by atoms with Gasteiger partial charge in [0.1, 0.15) is 0 Å². The highest BCUT2D eigenvalue weighted by Crippen LogP contribution is 2.47. The number of allylic oxidation sites excluding steroid dienone is 2. The lowest BCUT2D eigenvalue weighted by Gasteiger charge is -2.47. The van der Waals surface area contributed by atoms with Crippen molar-refractivity contribution >= 4 is 11.7 Å². The molecule has 27 heavy (non-hydrogen) atoms. The van der Waals surface area contributed by atoms with Crippen molar-refractivity contribution in [1.29, 1.82) is 0 Å². The van der Waals surface area contributed by atoms with Gasteiger partial charge in [0.05, 0.1) is 13.2 Å². The Balaban J connectivity index is 1.81. The third-order valence-electron chi connectivity index (χ3n) is 5.87. The molecule has 1 aliphatic carbocycles. The van der Waals surface area contributed by atoms with Crippen LogP contribution < -0.4 is 0 Å². The molecule has 1 saturated heterocycles. The molecule has 0 spiro atoms. The number of hydrogen-bond acceptors (Lipinski definition) is 4. The maximum absolute atomic E-state index is 13.2. The Labute approximate surface area is 160 Å². The van der Waals surface area contributed by atoms with Crippen molar-refractivity contribution in [1.82, 2.24) is 10.0 Å². The molecule has 0 saturated carbocycles. The second kappa shape index (κ2) is 6.88. The third-order valence-corrected chi connectivity index (χ3v) is 5.87. The van der Waals surface area contributed by atoms with Crippen molar-refractivity contribution in [2.45, 2.75) is 46.0 Å². The Kier molecular flexibility index (Phi) is 4.68. The number of Topliss-reactive ketones (excluding diaryl/α,β-unsaturated/α-hetero) is 1. The summed E-state index contributed by atoms with van der Waals surface area (Å²) >= 11 is 0. The van der Waals surface area contributed by atoms with E-state index in [2.05, 4.69) is 50.0 Å². The van der Waals surface area contributed by atoms with Crippen LogP contribution in [0.5, 0.6) is 0 Å². The summed E-state index contributed by atoms with van der Waals surface area (Å²) in [5.74, 6) is 0.151.